The minimum Gasteiger partial charge on any atom is -0.294 e. The summed E-state index contributed by atoms with van der Waals surface area (Å²) in [6.07, 6.45) is 4.26. The molecular formula is C19H14N2O5. The van der Waals surface area contributed by atoms with Gasteiger partial charge in [-0.15, -0.1) is 0 Å². The Kier molecular flexibility index (Phi) is 4.70. The average Bonchev–Trinajstić information content (AvgIpc) is 2.95. The van der Waals surface area contributed by atoms with Crippen molar-refractivity contribution in [1.29, 1.82) is 0 Å². The Morgan fingerprint density at radius 2 is 1.35 bits per heavy atom. The van der Waals surface area contributed by atoms with Crippen molar-refractivity contribution in [2.75, 3.05) is 0 Å². The van der Waals surface area contributed by atoms with Gasteiger partial charge in [0.2, 0.25) is 0 Å². The number of nitro groups is 2. The molecule has 0 unspecified atom stereocenters. The zero-order valence-electron chi connectivity index (χ0n) is 13.6. The maximum Gasteiger partial charge on any atom is 0.270 e. The third-order valence-corrected chi connectivity index (χ3v) is 4.08. The minimum atomic E-state index is -0.488. The van der Waals surface area contributed by atoms with Crippen molar-refractivity contribution >= 4 is 29.3 Å². The Balaban J connectivity index is 1.99. The molecule has 3 rings (SSSR count). The average molecular weight is 350 g/mol. The molecule has 0 radical (unpaired) electrons. The number of carbonyl (C=O) groups is 1. The molecule has 130 valence electrons. The largest absolute Gasteiger partial charge is 0.294 e. The van der Waals surface area contributed by atoms with Gasteiger partial charge in [-0.2, -0.15) is 0 Å². The van der Waals surface area contributed by atoms with E-state index in [2.05, 4.69) is 0 Å². The molecule has 2 aromatic rings. The van der Waals surface area contributed by atoms with Crippen molar-refractivity contribution in [1.82, 2.24) is 0 Å². The van der Waals surface area contributed by atoms with Crippen LogP contribution in [0.5, 0.6) is 0 Å². The maximum atomic E-state index is 12.2. The van der Waals surface area contributed by atoms with Crippen molar-refractivity contribution in [3.05, 3.63) is 91.0 Å². The van der Waals surface area contributed by atoms with Gasteiger partial charge in [0, 0.05) is 36.3 Å². The first kappa shape index (κ1) is 17.2. The SMILES string of the molecule is O=C1CCC(=Cc2cccc([N+](=O)[O-])c2)C1=Cc1cccc([N+](=O)[O-])c1. The van der Waals surface area contributed by atoms with E-state index in [0.717, 1.165) is 5.57 Å². The van der Waals surface area contributed by atoms with E-state index in [1.54, 1.807) is 36.4 Å². The summed E-state index contributed by atoms with van der Waals surface area (Å²) in [5.74, 6) is -0.0480. The molecule has 0 atom stereocenters. The van der Waals surface area contributed by atoms with Gasteiger partial charge in [-0.3, -0.25) is 25.0 Å². The number of hydrogen-bond donors (Lipinski definition) is 0. The van der Waals surface area contributed by atoms with Crippen molar-refractivity contribution in [2.45, 2.75) is 12.8 Å². The Morgan fingerprint density at radius 1 is 0.808 bits per heavy atom. The number of benzene rings is 2. The molecule has 1 fully saturated rings. The fourth-order valence-corrected chi connectivity index (χ4v) is 2.84. The monoisotopic (exact) mass is 350 g/mol. The summed E-state index contributed by atoms with van der Waals surface area (Å²) in [4.78, 5) is 33.1. The molecule has 0 N–H and O–H groups in total. The van der Waals surface area contributed by atoms with Crippen LogP contribution in [0.15, 0.2) is 59.7 Å². The van der Waals surface area contributed by atoms with E-state index < -0.39 is 9.85 Å². The van der Waals surface area contributed by atoms with Gasteiger partial charge in [0.15, 0.2) is 5.78 Å². The van der Waals surface area contributed by atoms with Gasteiger partial charge in [-0.05, 0) is 29.2 Å². The molecule has 26 heavy (non-hydrogen) atoms. The summed E-state index contributed by atoms with van der Waals surface area (Å²) >= 11 is 0. The van der Waals surface area contributed by atoms with E-state index in [1.807, 2.05) is 0 Å². The molecule has 0 amide bonds. The lowest BCUT2D eigenvalue weighted by Crippen LogP contribution is -1.94. The van der Waals surface area contributed by atoms with Gasteiger partial charge >= 0.3 is 0 Å². The van der Waals surface area contributed by atoms with Crippen molar-refractivity contribution < 1.29 is 14.6 Å². The second kappa shape index (κ2) is 7.10. The van der Waals surface area contributed by atoms with Crippen LogP contribution in [0.25, 0.3) is 12.2 Å². The number of ketones is 1. The van der Waals surface area contributed by atoms with Crippen molar-refractivity contribution in [2.24, 2.45) is 0 Å². The highest BCUT2D eigenvalue weighted by molar-refractivity contribution is 6.08. The number of rotatable bonds is 4. The molecule has 2 aromatic carbocycles. The summed E-state index contributed by atoms with van der Waals surface area (Å²) in [5.41, 5.74) is 2.38. The quantitative estimate of drug-likeness (QED) is 0.464. The molecule has 0 aliphatic heterocycles. The van der Waals surface area contributed by atoms with Gasteiger partial charge < -0.3 is 0 Å². The Bertz CT molecular complexity index is 975. The van der Waals surface area contributed by atoms with Crippen LogP contribution < -0.4 is 0 Å². The number of hydrogen-bond acceptors (Lipinski definition) is 5. The Hall–Kier alpha value is -3.61. The molecule has 1 aliphatic carbocycles. The zero-order valence-corrected chi connectivity index (χ0v) is 13.6. The lowest BCUT2D eigenvalue weighted by molar-refractivity contribution is -0.385. The van der Waals surface area contributed by atoms with Crippen molar-refractivity contribution in [3.8, 4) is 0 Å². The fraction of sp³-hybridized carbons (Fsp3) is 0.105. The lowest BCUT2D eigenvalue weighted by atomic mass is 10.0. The number of nitro benzene ring substituents is 2. The standard InChI is InChI=1S/C19H14N2O5/c22-19-8-7-15(9-13-3-1-5-16(10-13)20(23)24)18(19)12-14-4-2-6-17(11-14)21(25)26/h1-6,9-12H,7-8H2. The second-order valence-corrected chi connectivity index (χ2v) is 5.85. The van der Waals surface area contributed by atoms with E-state index in [0.29, 0.717) is 29.5 Å². The number of Topliss-reactive ketones (excluding diaryl/α,β-unsaturated/α-hetero) is 1. The highest BCUT2D eigenvalue weighted by Crippen LogP contribution is 2.32. The number of allylic oxidation sites excluding steroid dienone is 2. The third-order valence-electron chi connectivity index (χ3n) is 4.08. The van der Waals surface area contributed by atoms with Gasteiger partial charge in [-0.25, -0.2) is 0 Å². The molecule has 0 heterocycles. The van der Waals surface area contributed by atoms with Crippen LogP contribution in [0.3, 0.4) is 0 Å². The maximum absolute atomic E-state index is 12.2. The number of nitrogens with zero attached hydrogens (tertiary/aromatic N) is 2. The van der Waals surface area contributed by atoms with E-state index in [4.69, 9.17) is 0 Å². The molecular weight excluding hydrogens is 336 g/mol. The lowest BCUT2D eigenvalue weighted by Gasteiger charge is -2.02. The zero-order chi connectivity index (χ0) is 18.7. The van der Waals surface area contributed by atoms with E-state index in [-0.39, 0.29) is 17.2 Å². The summed E-state index contributed by atoms with van der Waals surface area (Å²) < 4.78 is 0. The molecule has 1 aliphatic rings. The molecule has 0 bridgehead atoms. The van der Waals surface area contributed by atoms with E-state index >= 15 is 0 Å². The van der Waals surface area contributed by atoms with Crippen LogP contribution in [0.1, 0.15) is 24.0 Å². The van der Waals surface area contributed by atoms with E-state index in [9.17, 15) is 25.0 Å². The predicted molar refractivity (Wildman–Crippen MR) is 96.4 cm³/mol. The first-order valence-corrected chi connectivity index (χ1v) is 7.89. The first-order chi connectivity index (χ1) is 12.4. The summed E-state index contributed by atoms with van der Waals surface area (Å²) in [5, 5.41) is 21.8. The highest BCUT2D eigenvalue weighted by atomic mass is 16.6. The van der Waals surface area contributed by atoms with Gasteiger partial charge in [0.25, 0.3) is 11.4 Å². The Labute approximate surface area is 148 Å². The van der Waals surface area contributed by atoms with Crippen LogP contribution in [-0.4, -0.2) is 15.6 Å². The van der Waals surface area contributed by atoms with Crippen LogP contribution in [0.4, 0.5) is 11.4 Å². The summed E-state index contributed by atoms with van der Waals surface area (Å²) in [6.45, 7) is 0. The number of non-ortho nitro benzene ring substituents is 2. The molecule has 7 heteroatoms. The normalized spacial score (nSPS) is 17.0. The third kappa shape index (κ3) is 3.72. The second-order valence-electron chi connectivity index (χ2n) is 5.85. The van der Waals surface area contributed by atoms with Gasteiger partial charge in [0.05, 0.1) is 9.85 Å². The molecule has 0 spiro atoms. The Morgan fingerprint density at radius 3 is 1.88 bits per heavy atom. The van der Waals surface area contributed by atoms with Gasteiger partial charge in [0.1, 0.15) is 0 Å². The molecule has 0 saturated heterocycles. The fourth-order valence-electron chi connectivity index (χ4n) is 2.84. The highest BCUT2D eigenvalue weighted by Gasteiger charge is 2.23. The topological polar surface area (TPSA) is 103 Å². The van der Waals surface area contributed by atoms with Crippen molar-refractivity contribution in [3.63, 3.8) is 0 Å². The van der Waals surface area contributed by atoms with Crippen LogP contribution in [0.2, 0.25) is 0 Å². The minimum absolute atomic E-state index is 0.0205. The molecule has 7 nitrogen and oxygen atoms in total. The number of carbonyl (C=O) groups excluding carboxylic acids is 1. The summed E-state index contributed by atoms with van der Waals surface area (Å²) in [7, 11) is 0. The van der Waals surface area contributed by atoms with Crippen LogP contribution in [-0.2, 0) is 4.79 Å². The smallest absolute Gasteiger partial charge is 0.270 e. The summed E-state index contributed by atoms with van der Waals surface area (Å²) in [6, 6.07) is 12.2. The first-order valence-electron chi connectivity index (χ1n) is 7.89. The predicted octanol–water partition coefficient (Wildman–Crippen LogP) is 4.33. The molecule has 1 saturated carbocycles. The van der Waals surface area contributed by atoms with Crippen LogP contribution in [0, 0.1) is 20.2 Å². The van der Waals surface area contributed by atoms with Crippen LogP contribution >= 0.6 is 0 Å². The molecule has 0 aromatic heterocycles. The van der Waals surface area contributed by atoms with E-state index in [1.165, 1.54) is 24.3 Å². The van der Waals surface area contributed by atoms with Gasteiger partial charge in [-0.1, -0.05) is 30.3 Å².